The fourth-order valence-corrected chi connectivity index (χ4v) is 1.80. The van der Waals surface area contributed by atoms with Gasteiger partial charge in [0.2, 0.25) is 0 Å². The number of carbonyl (C=O) groups is 1. The number of ether oxygens (including phenoxy) is 2. The van der Waals surface area contributed by atoms with Crippen LogP contribution in [0.15, 0.2) is 6.07 Å². The van der Waals surface area contributed by atoms with Crippen LogP contribution in [-0.4, -0.2) is 20.5 Å². The van der Waals surface area contributed by atoms with Crippen LogP contribution < -0.4 is 9.47 Å². The number of carbonyl (C=O) groups excluding carboxylic acids is 1. The van der Waals surface area contributed by atoms with E-state index in [0.717, 1.165) is 34.5 Å². The lowest BCUT2D eigenvalue weighted by Gasteiger charge is -2.16. The smallest absolute Gasteiger partial charge is 0.164 e. The molecule has 3 nitrogen and oxygen atoms in total. The summed E-state index contributed by atoms with van der Waals surface area (Å²) in [4.78, 5) is 10.4. The number of hydrogen-bond donors (Lipinski definition) is 0. The van der Waals surface area contributed by atoms with Crippen LogP contribution in [0.3, 0.4) is 0 Å². The van der Waals surface area contributed by atoms with Gasteiger partial charge in [0.1, 0.15) is 6.29 Å². The van der Waals surface area contributed by atoms with Gasteiger partial charge in [-0.05, 0) is 37.0 Å². The van der Waals surface area contributed by atoms with E-state index in [1.165, 1.54) is 0 Å². The fourth-order valence-electron chi connectivity index (χ4n) is 1.80. The molecule has 0 bridgehead atoms. The first kappa shape index (κ1) is 12.6. The molecule has 88 valence electrons. The Morgan fingerprint density at radius 3 is 2.31 bits per heavy atom. The van der Waals surface area contributed by atoms with Crippen LogP contribution in [-0.2, 0) is 11.2 Å². The Morgan fingerprint density at radius 2 is 1.81 bits per heavy atom. The van der Waals surface area contributed by atoms with Crippen molar-refractivity contribution < 1.29 is 14.3 Å². The monoisotopic (exact) mass is 222 g/mol. The van der Waals surface area contributed by atoms with Gasteiger partial charge in [-0.2, -0.15) is 0 Å². The van der Waals surface area contributed by atoms with E-state index in [1.54, 1.807) is 14.2 Å². The van der Waals surface area contributed by atoms with Gasteiger partial charge < -0.3 is 14.3 Å². The third kappa shape index (κ3) is 2.35. The first-order valence-electron chi connectivity index (χ1n) is 5.30. The second kappa shape index (κ2) is 5.54. The fraction of sp³-hybridized carbons (Fsp3) is 0.462. The van der Waals surface area contributed by atoms with Gasteiger partial charge in [-0.25, -0.2) is 0 Å². The molecule has 0 atom stereocenters. The molecular weight excluding hydrogens is 204 g/mol. The van der Waals surface area contributed by atoms with E-state index in [1.807, 2.05) is 13.8 Å². The number of aldehydes is 1. The highest BCUT2D eigenvalue weighted by Gasteiger charge is 2.14. The Morgan fingerprint density at radius 1 is 1.19 bits per heavy atom. The van der Waals surface area contributed by atoms with E-state index < -0.39 is 0 Å². The summed E-state index contributed by atoms with van der Waals surface area (Å²) in [5, 5.41) is 0. The summed E-state index contributed by atoms with van der Waals surface area (Å²) in [6.07, 6.45) is 2.10. The van der Waals surface area contributed by atoms with E-state index in [9.17, 15) is 4.79 Å². The molecule has 0 heterocycles. The molecular formula is C13H18O3. The lowest BCUT2D eigenvalue weighted by atomic mass is 10.0. The number of methoxy groups -OCH3 is 2. The molecule has 0 saturated heterocycles. The average Bonchev–Trinajstić information content (AvgIpc) is 2.29. The maximum atomic E-state index is 10.4. The molecule has 1 aromatic carbocycles. The van der Waals surface area contributed by atoms with Crippen molar-refractivity contribution in [2.24, 2.45) is 0 Å². The van der Waals surface area contributed by atoms with Gasteiger partial charge in [0.25, 0.3) is 0 Å². The zero-order valence-electron chi connectivity index (χ0n) is 10.3. The molecule has 0 amide bonds. The molecule has 3 heteroatoms. The first-order chi connectivity index (χ1) is 7.65. The van der Waals surface area contributed by atoms with Crippen LogP contribution in [0.2, 0.25) is 0 Å². The van der Waals surface area contributed by atoms with E-state index in [2.05, 4.69) is 6.07 Å². The number of hydrogen-bond acceptors (Lipinski definition) is 3. The Balaban J connectivity index is 3.25. The molecule has 0 aromatic heterocycles. The zero-order chi connectivity index (χ0) is 12.1. The predicted octanol–water partition coefficient (Wildman–Crippen LogP) is 2.45. The quantitative estimate of drug-likeness (QED) is 0.718. The minimum Gasteiger partial charge on any atom is -0.493 e. The van der Waals surface area contributed by atoms with Gasteiger partial charge in [0.05, 0.1) is 14.2 Å². The molecule has 16 heavy (non-hydrogen) atoms. The molecule has 1 aromatic rings. The molecule has 0 N–H and O–H groups in total. The van der Waals surface area contributed by atoms with Gasteiger partial charge in [-0.3, -0.25) is 0 Å². The highest BCUT2D eigenvalue weighted by atomic mass is 16.5. The van der Waals surface area contributed by atoms with Crippen molar-refractivity contribution in [3.8, 4) is 11.5 Å². The molecule has 0 radical (unpaired) electrons. The summed E-state index contributed by atoms with van der Waals surface area (Å²) in [5.74, 6) is 1.51. The summed E-state index contributed by atoms with van der Waals surface area (Å²) < 4.78 is 10.7. The predicted molar refractivity (Wildman–Crippen MR) is 63.4 cm³/mol. The van der Waals surface area contributed by atoms with Crippen molar-refractivity contribution in [2.45, 2.75) is 26.7 Å². The SMILES string of the molecule is COc1c(CCC=O)cc(C)c(C)c1OC. The van der Waals surface area contributed by atoms with Gasteiger partial charge in [-0.1, -0.05) is 6.07 Å². The third-order valence-corrected chi connectivity index (χ3v) is 2.76. The highest BCUT2D eigenvalue weighted by Crippen LogP contribution is 2.36. The van der Waals surface area contributed by atoms with E-state index in [4.69, 9.17) is 9.47 Å². The van der Waals surface area contributed by atoms with Crippen LogP contribution in [0.5, 0.6) is 11.5 Å². The average molecular weight is 222 g/mol. The van der Waals surface area contributed by atoms with Crippen molar-refractivity contribution in [2.75, 3.05) is 14.2 Å². The highest BCUT2D eigenvalue weighted by molar-refractivity contribution is 5.57. The largest absolute Gasteiger partial charge is 0.493 e. The van der Waals surface area contributed by atoms with Crippen LogP contribution in [0.4, 0.5) is 0 Å². The van der Waals surface area contributed by atoms with Crippen molar-refractivity contribution >= 4 is 6.29 Å². The minimum absolute atomic E-state index is 0.502. The van der Waals surface area contributed by atoms with Gasteiger partial charge in [0.15, 0.2) is 11.5 Å². The van der Waals surface area contributed by atoms with Gasteiger partial charge in [0, 0.05) is 6.42 Å². The second-order valence-electron chi connectivity index (χ2n) is 3.75. The Hall–Kier alpha value is -1.51. The van der Waals surface area contributed by atoms with Crippen molar-refractivity contribution in [3.63, 3.8) is 0 Å². The molecule has 1 rings (SSSR count). The zero-order valence-corrected chi connectivity index (χ0v) is 10.3. The summed E-state index contributed by atoms with van der Waals surface area (Å²) in [6.45, 7) is 4.03. The lowest BCUT2D eigenvalue weighted by molar-refractivity contribution is -0.107. The summed E-state index contributed by atoms with van der Waals surface area (Å²) >= 11 is 0. The molecule has 0 spiro atoms. The molecule has 0 aliphatic carbocycles. The number of aryl methyl sites for hydroxylation is 2. The van der Waals surface area contributed by atoms with Gasteiger partial charge in [-0.15, -0.1) is 0 Å². The molecule has 0 fully saturated rings. The summed E-state index contributed by atoms with van der Waals surface area (Å²) in [5.41, 5.74) is 3.25. The second-order valence-corrected chi connectivity index (χ2v) is 3.75. The Kier molecular flexibility index (Phi) is 4.35. The molecule has 0 saturated carbocycles. The first-order valence-corrected chi connectivity index (χ1v) is 5.30. The Bertz CT molecular complexity index is 383. The normalized spacial score (nSPS) is 10.0. The molecule has 0 aliphatic rings. The van der Waals surface area contributed by atoms with Crippen LogP contribution >= 0.6 is 0 Å². The summed E-state index contributed by atoms with van der Waals surface area (Å²) in [6, 6.07) is 2.06. The molecule has 0 unspecified atom stereocenters. The maximum Gasteiger partial charge on any atom is 0.164 e. The van der Waals surface area contributed by atoms with E-state index in [-0.39, 0.29) is 0 Å². The standard InChI is InChI=1S/C13H18O3/c1-9-8-11(6-5-7-14)13(16-4)12(15-3)10(9)2/h7-8H,5-6H2,1-4H3. The molecule has 0 aliphatic heterocycles. The topological polar surface area (TPSA) is 35.5 Å². The third-order valence-electron chi connectivity index (χ3n) is 2.76. The van der Waals surface area contributed by atoms with Crippen LogP contribution in [0.25, 0.3) is 0 Å². The van der Waals surface area contributed by atoms with Crippen molar-refractivity contribution in [1.29, 1.82) is 0 Å². The lowest BCUT2D eigenvalue weighted by Crippen LogP contribution is -2.00. The number of benzene rings is 1. The maximum absolute atomic E-state index is 10.4. The van der Waals surface area contributed by atoms with Gasteiger partial charge >= 0.3 is 0 Å². The number of rotatable bonds is 5. The Labute approximate surface area is 96.4 Å². The van der Waals surface area contributed by atoms with Crippen LogP contribution in [0.1, 0.15) is 23.1 Å². The van der Waals surface area contributed by atoms with Crippen molar-refractivity contribution in [3.05, 3.63) is 22.8 Å². The van der Waals surface area contributed by atoms with E-state index >= 15 is 0 Å². The van der Waals surface area contributed by atoms with Crippen molar-refractivity contribution in [1.82, 2.24) is 0 Å². The minimum atomic E-state index is 0.502. The van der Waals surface area contributed by atoms with Crippen LogP contribution in [0, 0.1) is 13.8 Å². The van der Waals surface area contributed by atoms with E-state index in [0.29, 0.717) is 12.8 Å². The summed E-state index contributed by atoms with van der Waals surface area (Å²) in [7, 11) is 3.25.